The van der Waals surface area contributed by atoms with E-state index in [-0.39, 0.29) is 18.2 Å². The van der Waals surface area contributed by atoms with E-state index in [9.17, 15) is 13.6 Å². The molecule has 2 atom stereocenters. The SMILES string of the molecule is CC(c1ccc(-c2ccc(F)cc2F)cc1)N1CCC(c2cccs2)OC1=O. The smallest absolute Gasteiger partial charge is 0.410 e. The molecule has 1 aromatic heterocycles. The fourth-order valence-corrected chi connectivity index (χ4v) is 4.26. The highest BCUT2D eigenvalue weighted by atomic mass is 32.1. The van der Waals surface area contributed by atoms with E-state index in [4.69, 9.17) is 4.74 Å². The third-order valence-electron chi connectivity index (χ3n) is 5.07. The molecule has 1 aliphatic rings. The van der Waals surface area contributed by atoms with Gasteiger partial charge in [-0.25, -0.2) is 13.6 Å². The fourth-order valence-electron chi connectivity index (χ4n) is 3.47. The average molecular weight is 399 g/mol. The molecule has 1 saturated heterocycles. The summed E-state index contributed by atoms with van der Waals surface area (Å²) in [5.74, 6) is -1.20. The quantitative estimate of drug-likeness (QED) is 0.512. The number of cyclic esters (lactones) is 1. The molecule has 2 unspecified atom stereocenters. The second kappa shape index (κ2) is 7.72. The Morgan fingerprint density at radius 2 is 1.93 bits per heavy atom. The molecule has 28 heavy (non-hydrogen) atoms. The first-order valence-electron chi connectivity index (χ1n) is 9.09. The monoisotopic (exact) mass is 399 g/mol. The van der Waals surface area contributed by atoms with Crippen molar-refractivity contribution in [1.82, 2.24) is 4.90 Å². The highest BCUT2D eigenvalue weighted by Gasteiger charge is 2.32. The second-order valence-electron chi connectivity index (χ2n) is 6.79. The molecule has 0 spiro atoms. The maximum absolute atomic E-state index is 14.0. The summed E-state index contributed by atoms with van der Waals surface area (Å²) in [5.41, 5.74) is 1.93. The van der Waals surface area contributed by atoms with Gasteiger partial charge in [-0.05, 0) is 41.6 Å². The standard InChI is InChI=1S/C22H19F2NO2S/c1-14(25-11-10-20(27-22(25)26)21-3-2-12-28-21)15-4-6-16(7-5-15)18-9-8-17(23)13-19(18)24/h2-9,12-14,20H,10-11H2,1H3. The zero-order valence-corrected chi connectivity index (χ0v) is 16.1. The van der Waals surface area contributed by atoms with Gasteiger partial charge in [0.05, 0.1) is 6.04 Å². The number of hydrogen-bond acceptors (Lipinski definition) is 3. The number of amides is 1. The van der Waals surface area contributed by atoms with Crippen molar-refractivity contribution in [1.29, 1.82) is 0 Å². The van der Waals surface area contributed by atoms with Gasteiger partial charge in [0.25, 0.3) is 0 Å². The third-order valence-corrected chi connectivity index (χ3v) is 6.04. The molecule has 3 aromatic rings. The molecule has 0 aliphatic carbocycles. The minimum Gasteiger partial charge on any atom is -0.440 e. The summed E-state index contributed by atoms with van der Waals surface area (Å²) in [5, 5.41) is 1.98. The number of carbonyl (C=O) groups excluding carboxylic acids is 1. The van der Waals surface area contributed by atoms with Gasteiger partial charge >= 0.3 is 6.09 Å². The van der Waals surface area contributed by atoms with E-state index in [1.807, 2.05) is 36.6 Å². The van der Waals surface area contributed by atoms with E-state index in [2.05, 4.69) is 0 Å². The largest absolute Gasteiger partial charge is 0.440 e. The molecular formula is C22H19F2NO2S. The Bertz CT molecular complexity index is 973. The Labute approximate surface area is 166 Å². The number of ether oxygens (including phenoxy) is 1. The predicted molar refractivity (Wildman–Crippen MR) is 105 cm³/mol. The lowest BCUT2D eigenvalue weighted by Gasteiger charge is -2.35. The van der Waals surface area contributed by atoms with Gasteiger partial charge in [-0.3, -0.25) is 0 Å². The van der Waals surface area contributed by atoms with Crippen LogP contribution in [0.3, 0.4) is 0 Å². The summed E-state index contributed by atoms with van der Waals surface area (Å²) < 4.78 is 32.7. The van der Waals surface area contributed by atoms with Crippen LogP contribution in [0.4, 0.5) is 13.6 Å². The normalized spacial score (nSPS) is 18.0. The molecule has 3 nitrogen and oxygen atoms in total. The third kappa shape index (κ3) is 3.64. The Hall–Kier alpha value is -2.73. The topological polar surface area (TPSA) is 29.5 Å². The number of thiophene rings is 1. The first kappa shape index (κ1) is 18.6. The van der Waals surface area contributed by atoms with Gasteiger partial charge in [0.15, 0.2) is 0 Å². The van der Waals surface area contributed by atoms with Crippen LogP contribution in [0.1, 0.15) is 35.9 Å². The highest BCUT2D eigenvalue weighted by Crippen LogP contribution is 2.34. The molecule has 2 aromatic carbocycles. The summed E-state index contributed by atoms with van der Waals surface area (Å²) >= 11 is 1.59. The van der Waals surface area contributed by atoms with Gasteiger partial charge in [-0.15, -0.1) is 11.3 Å². The summed E-state index contributed by atoms with van der Waals surface area (Å²) in [6, 6.07) is 14.6. The summed E-state index contributed by atoms with van der Waals surface area (Å²) in [7, 11) is 0. The van der Waals surface area contributed by atoms with Crippen LogP contribution in [0.2, 0.25) is 0 Å². The van der Waals surface area contributed by atoms with Crippen molar-refractivity contribution in [2.75, 3.05) is 6.54 Å². The van der Waals surface area contributed by atoms with Crippen molar-refractivity contribution in [2.24, 2.45) is 0 Å². The highest BCUT2D eigenvalue weighted by molar-refractivity contribution is 7.10. The Morgan fingerprint density at radius 3 is 2.57 bits per heavy atom. The summed E-state index contributed by atoms with van der Waals surface area (Å²) in [4.78, 5) is 15.3. The molecule has 2 heterocycles. The van der Waals surface area contributed by atoms with Crippen molar-refractivity contribution < 1.29 is 18.3 Å². The van der Waals surface area contributed by atoms with Gasteiger partial charge in [0.1, 0.15) is 17.7 Å². The number of nitrogens with zero attached hydrogens (tertiary/aromatic N) is 1. The first-order valence-corrected chi connectivity index (χ1v) is 9.97. The zero-order chi connectivity index (χ0) is 19.7. The molecule has 0 saturated carbocycles. The summed E-state index contributed by atoms with van der Waals surface area (Å²) in [6.45, 7) is 2.55. The predicted octanol–water partition coefficient (Wildman–Crippen LogP) is 6.34. The van der Waals surface area contributed by atoms with E-state index >= 15 is 0 Å². The molecule has 0 N–H and O–H groups in total. The molecule has 0 bridgehead atoms. The van der Waals surface area contributed by atoms with Crippen LogP contribution in [0, 0.1) is 11.6 Å². The lowest BCUT2D eigenvalue weighted by molar-refractivity contribution is 0.0137. The number of hydrogen-bond donors (Lipinski definition) is 0. The second-order valence-corrected chi connectivity index (χ2v) is 7.77. The molecule has 1 aliphatic heterocycles. The number of halogens is 2. The van der Waals surface area contributed by atoms with Crippen LogP contribution < -0.4 is 0 Å². The number of rotatable bonds is 4. The molecule has 4 rings (SSSR count). The lowest BCUT2D eigenvalue weighted by Crippen LogP contribution is -2.40. The molecular weight excluding hydrogens is 380 g/mol. The number of benzene rings is 2. The van der Waals surface area contributed by atoms with Gasteiger partial charge in [0, 0.05) is 29.5 Å². The Balaban J connectivity index is 1.48. The van der Waals surface area contributed by atoms with Gasteiger partial charge < -0.3 is 9.64 Å². The Kier molecular flexibility index (Phi) is 5.13. The molecule has 6 heteroatoms. The maximum Gasteiger partial charge on any atom is 0.410 e. The lowest BCUT2D eigenvalue weighted by atomic mass is 10.00. The van der Waals surface area contributed by atoms with Crippen molar-refractivity contribution in [3.05, 3.63) is 82.1 Å². The molecule has 0 radical (unpaired) electrons. The number of carbonyl (C=O) groups is 1. The average Bonchev–Trinajstić information content (AvgIpc) is 3.22. The van der Waals surface area contributed by atoms with E-state index in [0.717, 1.165) is 22.9 Å². The Morgan fingerprint density at radius 1 is 1.14 bits per heavy atom. The van der Waals surface area contributed by atoms with Gasteiger partial charge in [-0.2, -0.15) is 0 Å². The van der Waals surface area contributed by atoms with E-state index < -0.39 is 11.6 Å². The van der Waals surface area contributed by atoms with Gasteiger partial charge in [0.2, 0.25) is 0 Å². The molecule has 1 amide bonds. The summed E-state index contributed by atoms with van der Waals surface area (Å²) in [6.07, 6.45) is 0.237. The van der Waals surface area contributed by atoms with Crippen LogP contribution in [0.25, 0.3) is 11.1 Å². The van der Waals surface area contributed by atoms with Crippen molar-refractivity contribution >= 4 is 17.4 Å². The fraction of sp³-hybridized carbons (Fsp3) is 0.227. The van der Waals surface area contributed by atoms with Crippen molar-refractivity contribution in [3.63, 3.8) is 0 Å². The van der Waals surface area contributed by atoms with Crippen LogP contribution >= 0.6 is 11.3 Å². The maximum atomic E-state index is 14.0. The van der Waals surface area contributed by atoms with Crippen LogP contribution in [0.15, 0.2) is 60.0 Å². The van der Waals surface area contributed by atoms with Crippen LogP contribution in [-0.4, -0.2) is 17.5 Å². The minimum atomic E-state index is -0.601. The van der Waals surface area contributed by atoms with Gasteiger partial charge in [-0.1, -0.05) is 30.3 Å². The van der Waals surface area contributed by atoms with E-state index in [1.165, 1.54) is 12.1 Å². The zero-order valence-electron chi connectivity index (χ0n) is 15.3. The molecule has 1 fully saturated rings. The first-order chi connectivity index (χ1) is 13.5. The molecule has 144 valence electrons. The van der Waals surface area contributed by atoms with Crippen molar-refractivity contribution in [2.45, 2.75) is 25.5 Å². The van der Waals surface area contributed by atoms with E-state index in [0.29, 0.717) is 17.7 Å². The van der Waals surface area contributed by atoms with Crippen LogP contribution in [0.5, 0.6) is 0 Å². The van der Waals surface area contributed by atoms with Crippen LogP contribution in [-0.2, 0) is 4.74 Å². The minimum absolute atomic E-state index is 0.163. The van der Waals surface area contributed by atoms with Crippen molar-refractivity contribution in [3.8, 4) is 11.1 Å². The van der Waals surface area contributed by atoms with E-state index in [1.54, 1.807) is 28.4 Å².